The van der Waals surface area contributed by atoms with Crippen LogP contribution in [0.1, 0.15) is 19.5 Å². The van der Waals surface area contributed by atoms with Crippen molar-refractivity contribution in [1.29, 1.82) is 0 Å². The molecule has 6 heteroatoms. The van der Waals surface area contributed by atoms with E-state index in [9.17, 15) is 8.42 Å². The van der Waals surface area contributed by atoms with E-state index in [1.54, 1.807) is 24.4 Å². The Hall–Kier alpha value is -1.79. The third-order valence-electron chi connectivity index (χ3n) is 3.20. The van der Waals surface area contributed by atoms with E-state index in [1.807, 2.05) is 32.0 Å². The monoisotopic (exact) mass is 307 g/mol. The van der Waals surface area contributed by atoms with Gasteiger partial charge >= 0.3 is 0 Å². The highest BCUT2D eigenvalue weighted by Crippen LogP contribution is 2.23. The first-order valence-corrected chi connectivity index (χ1v) is 8.49. The fraction of sp³-hybridized carbons (Fsp3) is 0.333. The minimum atomic E-state index is -3.53. The van der Waals surface area contributed by atoms with Gasteiger partial charge in [-0.05, 0) is 31.7 Å². The highest BCUT2D eigenvalue weighted by atomic mass is 32.2. The van der Waals surface area contributed by atoms with Gasteiger partial charge in [0.15, 0.2) is 0 Å². The first-order valence-electron chi connectivity index (χ1n) is 7.05. The molecule has 114 valence electrons. The summed E-state index contributed by atoms with van der Waals surface area (Å²) in [6, 6.07) is 10.8. The lowest BCUT2D eigenvalue weighted by atomic mass is 10.3. The van der Waals surface area contributed by atoms with Gasteiger partial charge in [-0.2, -0.15) is 0 Å². The second kappa shape index (κ2) is 6.78. The maximum absolute atomic E-state index is 12.7. The Kier molecular flexibility index (Phi) is 5.03. The second-order valence-electron chi connectivity index (χ2n) is 4.65. The Balaban J connectivity index is 2.29. The van der Waals surface area contributed by atoms with Crippen molar-refractivity contribution in [2.45, 2.75) is 25.3 Å². The molecule has 0 aliphatic carbocycles. The van der Waals surface area contributed by atoms with Gasteiger partial charge in [0.1, 0.15) is 4.90 Å². The van der Waals surface area contributed by atoms with Crippen molar-refractivity contribution in [2.24, 2.45) is 0 Å². The Bertz CT molecular complexity index is 665. The van der Waals surface area contributed by atoms with E-state index < -0.39 is 10.0 Å². The third kappa shape index (κ3) is 3.46. The molecule has 0 aliphatic heterocycles. The van der Waals surface area contributed by atoms with Crippen molar-refractivity contribution < 1.29 is 8.42 Å². The van der Waals surface area contributed by atoms with E-state index in [1.165, 1.54) is 4.31 Å². The molecule has 0 bridgehead atoms. The van der Waals surface area contributed by atoms with Crippen LogP contribution in [0.5, 0.6) is 0 Å². The number of para-hydroxylation sites is 1. The molecule has 0 unspecified atom stereocenters. The molecule has 2 rings (SSSR count). The van der Waals surface area contributed by atoms with Crippen LogP contribution in [-0.2, 0) is 16.6 Å². The Morgan fingerprint density at radius 2 is 1.90 bits per heavy atom. The minimum Gasteiger partial charge on any atom is -0.363 e. The average Bonchev–Trinajstić information content (AvgIpc) is 2.96. The Morgan fingerprint density at radius 1 is 1.19 bits per heavy atom. The predicted octanol–water partition coefficient (Wildman–Crippen LogP) is 2.34. The second-order valence-corrected chi connectivity index (χ2v) is 6.51. The van der Waals surface area contributed by atoms with Gasteiger partial charge in [-0.25, -0.2) is 8.42 Å². The molecule has 0 fully saturated rings. The van der Waals surface area contributed by atoms with Crippen molar-refractivity contribution in [3.05, 3.63) is 48.3 Å². The quantitative estimate of drug-likeness (QED) is 0.825. The van der Waals surface area contributed by atoms with Crippen LogP contribution in [0.15, 0.2) is 47.5 Å². The number of sulfonamides is 1. The average molecular weight is 307 g/mol. The lowest BCUT2D eigenvalue weighted by molar-refractivity contribution is 0.592. The van der Waals surface area contributed by atoms with Crippen LogP contribution in [0, 0.1) is 0 Å². The van der Waals surface area contributed by atoms with Gasteiger partial charge in [0, 0.05) is 25.0 Å². The van der Waals surface area contributed by atoms with E-state index in [-0.39, 0.29) is 0 Å². The van der Waals surface area contributed by atoms with Crippen LogP contribution in [-0.4, -0.2) is 26.5 Å². The first-order chi connectivity index (χ1) is 10.1. The number of H-pyrrole nitrogens is 1. The molecule has 0 spiro atoms. The molecule has 2 N–H and O–H groups in total. The lowest BCUT2D eigenvalue weighted by Gasteiger charge is -2.22. The largest absolute Gasteiger partial charge is 0.363 e. The third-order valence-corrected chi connectivity index (χ3v) is 5.08. The minimum absolute atomic E-state index is 0.293. The van der Waals surface area contributed by atoms with Crippen LogP contribution in [0.3, 0.4) is 0 Å². The molecule has 1 aromatic heterocycles. The number of hydrogen-bond donors (Lipinski definition) is 2. The van der Waals surface area contributed by atoms with Crippen LogP contribution in [0.25, 0.3) is 0 Å². The first kappa shape index (κ1) is 15.6. The van der Waals surface area contributed by atoms with Crippen LogP contribution in [0.2, 0.25) is 0 Å². The maximum atomic E-state index is 12.7. The predicted molar refractivity (Wildman–Crippen MR) is 84.8 cm³/mol. The fourth-order valence-corrected chi connectivity index (χ4v) is 3.64. The number of nitrogens with one attached hydrogen (secondary N) is 2. The summed E-state index contributed by atoms with van der Waals surface area (Å²) in [6.45, 7) is 5.70. The molecule has 0 saturated heterocycles. The molecule has 1 aromatic carbocycles. The van der Waals surface area contributed by atoms with Crippen molar-refractivity contribution in [2.75, 3.05) is 17.4 Å². The zero-order valence-electron chi connectivity index (χ0n) is 12.3. The number of hydrogen-bond acceptors (Lipinski definition) is 3. The lowest BCUT2D eigenvalue weighted by Crippen LogP contribution is -2.30. The highest BCUT2D eigenvalue weighted by Gasteiger charge is 2.24. The summed E-state index contributed by atoms with van der Waals surface area (Å²) in [6.07, 6.45) is 1.55. The van der Waals surface area contributed by atoms with E-state index in [0.717, 1.165) is 12.2 Å². The summed E-state index contributed by atoms with van der Waals surface area (Å²) in [4.78, 5) is 3.30. The Labute approximate surface area is 126 Å². The van der Waals surface area contributed by atoms with Gasteiger partial charge in [0.25, 0.3) is 10.0 Å². The molecule has 21 heavy (non-hydrogen) atoms. The van der Waals surface area contributed by atoms with Gasteiger partial charge in [0.05, 0.1) is 5.69 Å². The van der Waals surface area contributed by atoms with Crippen molar-refractivity contribution in [3.63, 3.8) is 0 Å². The van der Waals surface area contributed by atoms with E-state index >= 15 is 0 Å². The molecular formula is C15H21N3O2S. The zero-order chi connectivity index (χ0) is 15.3. The van der Waals surface area contributed by atoms with Crippen molar-refractivity contribution in [3.8, 4) is 0 Å². The summed E-state index contributed by atoms with van der Waals surface area (Å²) in [7, 11) is -3.53. The van der Waals surface area contributed by atoms with Gasteiger partial charge in [-0.15, -0.1) is 0 Å². The standard InChI is InChI=1S/C15H21N3O2S/c1-3-16-11-13-10-15(12-17-13)21(19,20)18(4-2)14-8-6-5-7-9-14/h5-10,12,16-17H,3-4,11H2,1-2H3. The number of benzene rings is 1. The topological polar surface area (TPSA) is 65.2 Å². The zero-order valence-corrected chi connectivity index (χ0v) is 13.2. The summed E-state index contributed by atoms with van der Waals surface area (Å²) in [5.74, 6) is 0. The van der Waals surface area contributed by atoms with Crippen molar-refractivity contribution >= 4 is 15.7 Å². The molecule has 2 aromatic rings. The summed E-state index contributed by atoms with van der Waals surface area (Å²) >= 11 is 0. The normalized spacial score (nSPS) is 11.5. The molecule has 0 saturated carbocycles. The summed E-state index contributed by atoms with van der Waals surface area (Å²) in [5, 5.41) is 3.16. The number of aromatic nitrogens is 1. The fourth-order valence-electron chi connectivity index (χ4n) is 2.14. The van der Waals surface area contributed by atoms with Gasteiger partial charge in [-0.3, -0.25) is 4.31 Å². The Morgan fingerprint density at radius 3 is 2.52 bits per heavy atom. The smallest absolute Gasteiger partial charge is 0.265 e. The highest BCUT2D eigenvalue weighted by molar-refractivity contribution is 7.92. The SMILES string of the molecule is CCNCc1cc(S(=O)(=O)N(CC)c2ccccc2)c[nH]1. The molecule has 5 nitrogen and oxygen atoms in total. The van der Waals surface area contributed by atoms with Crippen molar-refractivity contribution in [1.82, 2.24) is 10.3 Å². The maximum Gasteiger partial charge on any atom is 0.265 e. The summed E-state index contributed by atoms with van der Waals surface area (Å²) < 4.78 is 26.9. The van der Waals surface area contributed by atoms with Crippen LogP contribution < -0.4 is 9.62 Å². The summed E-state index contributed by atoms with van der Waals surface area (Å²) in [5.41, 5.74) is 1.54. The molecule has 0 aliphatic rings. The van der Waals surface area contributed by atoms with Gasteiger partial charge in [-0.1, -0.05) is 25.1 Å². The number of anilines is 1. The molecular weight excluding hydrogens is 286 g/mol. The van der Waals surface area contributed by atoms with Gasteiger partial charge < -0.3 is 10.3 Å². The molecule has 0 radical (unpaired) electrons. The van der Waals surface area contributed by atoms with Gasteiger partial charge in [0.2, 0.25) is 0 Å². The van der Waals surface area contributed by atoms with Crippen LogP contribution >= 0.6 is 0 Å². The molecule has 0 amide bonds. The van der Waals surface area contributed by atoms with Crippen LogP contribution in [0.4, 0.5) is 5.69 Å². The number of aromatic amines is 1. The molecule has 0 atom stereocenters. The van der Waals surface area contributed by atoms with E-state index in [0.29, 0.717) is 23.7 Å². The van der Waals surface area contributed by atoms with E-state index in [2.05, 4.69) is 10.3 Å². The number of rotatable bonds is 7. The van der Waals surface area contributed by atoms with E-state index in [4.69, 9.17) is 0 Å². The molecule has 1 heterocycles. The number of nitrogens with zero attached hydrogens (tertiary/aromatic N) is 1.